The zero-order chi connectivity index (χ0) is 13.4. The summed E-state index contributed by atoms with van der Waals surface area (Å²) in [7, 11) is 1.60. The molecule has 0 aliphatic heterocycles. The van der Waals surface area contributed by atoms with Gasteiger partial charge in [0.15, 0.2) is 0 Å². The second-order valence-corrected chi connectivity index (χ2v) is 4.46. The first-order valence-electron chi connectivity index (χ1n) is 6.10. The van der Waals surface area contributed by atoms with E-state index in [4.69, 9.17) is 4.74 Å². The van der Waals surface area contributed by atoms with Gasteiger partial charge in [-0.05, 0) is 18.1 Å². The molecule has 0 bridgehead atoms. The summed E-state index contributed by atoms with van der Waals surface area (Å²) in [4.78, 5) is 15.9. The van der Waals surface area contributed by atoms with Crippen LogP contribution in [0.4, 0.5) is 5.82 Å². The summed E-state index contributed by atoms with van der Waals surface area (Å²) >= 11 is 0. The summed E-state index contributed by atoms with van der Waals surface area (Å²) in [6, 6.07) is 3.57. The van der Waals surface area contributed by atoms with Crippen LogP contribution in [0.3, 0.4) is 0 Å². The van der Waals surface area contributed by atoms with Gasteiger partial charge in [-0.25, -0.2) is 4.98 Å². The summed E-state index contributed by atoms with van der Waals surface area (Å²) in [5.74, 6) is 1.22. The smallest absolute Gasteiger partial charge is 0.252 e. The largest absolute Gasteiger partial charge is 0.383 e. The number of anilines is 1. The van der Waals surface area contributed by atoms with Crippen LogP contribution in [-0.2, 0) is 4.74 Å². The minimum Gasteiger partial charge on any atom is -0.383 e. The molecular formula is C13H21N3O2. The van der Waals surface area contributed by atoms with Crippen molar-refractivity contribution in [2.45, 2.75) is 13.8 Å². The van der Waals surface area contributed by atoms with Crippen molar-refractivity contribution >= 4 is 11.7 Å². The average Bonchev–Trinajstić information content (AvgIpc) is 2.37. The van der Waals surface area contributed by atoms with E-state index >= 15 is 0 Å². The van der Waals surface area contributed by atoms with Gasteiger partial charge in [-0.2, -0.15) is 0 Å². The van der Waals surface area contributed by atoms with Crippen LogP contribution in [0.1, 0.15) is 24.2 Å². The maximum atomic E-state index is 11.7. The Bertz CT molecular complexity index is 363. The molecule has 0 fully saturated rings. The fourth-order valence-electron chi connectivity index (χ4n) is 1.31. The van der Waals surface area contributed by atoms with Crippen LogP contribution in [-0.4, -0.2) is 37.7 Å². The standard InChI is InChI=1S/C13H21N3O2/c1-10(2)8-15-12-5-4-11(9-16-12)13(17)14-6-7-18-3/h4-5,9-10H,6-8H2,1-3H3,(H,14,17)(H,15,16). The Balaban J connectivity index is 2.46. The number of nitrogens with one attached hydrogen (secondary N) is 2. The lowest BCUT2D eigenvalue weighted by atomic mass is 10.2. The predicted octanol–water partition coefficient (Wildman–Crippen LogP) is 1.53. The second kappa shape index (κ2) is 7.66. The van der Waals surface area contributed by atoms with Gasteiger partial charge < -0.3 is 15.4 Å². The molecule has 100 valence electrons. The topological polar surface area (TPSA) is 63.2 Å². The molecule has 0 saturated heterocycles. The summed E-state index contributed by atoms with van der Waals surface area (Å²) < 4.78 is 4.86. The van der Waals surface area contributed by atoms with Gasteiger partial charge in [0.1, 0.15) is 5.82 Å². The second-order valence-electron chi connectivity index (χ2n) is 4.46. The first-order chi connectivity index (χ1) is 8.63. The van der Waals surface area contributed by atoms with Crippen molar-refractivity contribution in [3.8, 4) is 0 Å². The molecule has 0 atom stereocenters. The number of amides is 1. The molecular weight excluding hydrogens is 230 g/mol. The minimum absolute atomic E-state index is 0.130. The third-order valence-electron chi connectivity index (χ3n) is 2.31. The normalized spacial score (nSPS) is 10.4. The van der Waals surface area contributed by atoms with E-state index in [1.165, 1.54) is 0 Å². The molecule has 0 aliphatic rings. The molecule has 1 amide bonds. The first kappa shape index (κ1) is 14.4. The summed E-state index contributed by atoms with van der Waals surface area (Å²) in [6.07, 6.45) is 1.57. The number of hydrogen-bond donors (Lipinski definition) is 2. The number of carbonyl (C=O) groups excluding carboxylic acids is 1. The molecule has 0 saturated carbocycles. The van der Waals surface area contributed by atoms with E-state index in [0.717, 1.165) is 12.4 Å². The lowest BCUT2D eigenvalue weighted by Gasteiger charge is -2.08. The molecule has 2 N–H and O–H groups in total. The number of hydrogen-bond acceptors (Lipinski definition) is 4. The van der Waals surface area contributed by atoms with Gasteiger partial charge in [0.2, 0.25) is 0 Å². The summed E-state index contributed by atoms with van der Waals surface area (Å²) in [5.41, 5.74) is 0.557. The van der Waals surface area contributed by atoms with Gasteiger partial charge in [0.25, 0.3) is 5.91 Å². The molecule has 0 radical (unpaired) electrons. The number of methoxy groups -OCH3 is 1. The van der Waals surface area contributed by atoms with E-state index in [1.54, 1.807) is 19.4 Å². The Labute approximate surface area is 108 Å². The van der Waals surface area contributed by atoms with Crippen LogP contribution < -0.4 is 10.6 Å². The van der Waals surface area contributed by atoms with Crippen molar-refractivity contribution in [2.75, 3.05) is 32.1 Å². The molecule has 18 heavy (non-hydrogen) atoms. The van der Waals surface area contributed by atoms with Crippen molar-refractivity contribution in [3.63, 3.8) is 0 Å². The first-order valence-corrected chi connectivity index (χ1v) is 6.10. The van der Waals surface area contributed by atoms with Gasteiger partial charge in [0, 0.05) is 26.4 Å². The Morgan fingerprint density at radius 3 is 2.78 bits per heavy atom. The van der Waals surface area contributed by atoms with Gasteiger partial charge in [-0.1, -0.05) is 13.8 Å². The highest BCUT2D eigenvalue weighted by molar-refractivity contribution is 5.94. The highest BCUT2D eigenvalue weighted by Crippen LogP contribution is 2.06. The van der Waals surface area contributed by atoms with Crippen LogP contribution in [0.15, 0.2) is 18.3 Å². The third-order valence-corrected chi connectivity index (χ3v) is 2.31. The highest BCUT2D eigenvalue weighted by atomic mass is 16.5. The van der Waals surface area contributed by atoms with E-state index in [1.807, 2.05) is 6.07 Å². The van der Waals surface area contributed by atoms with Crippen molar-refractivity contribution < 1.29 is 9.53 Å². The monoisotopic (exact) mass is 251 g/mol. The Morgan fingerprint density at radius 2 is 2.22 bits per heavy atom. The Kier molecular flexibility index (Phi) is 6.14. The number of rotatable bonds is 7. The number of ether oxygens (including phenoxy) is 1. The lowest BCUT2D eigenvalue weighted by Crippen LogP contribution is -2.27. The van der Waals surface area contributed by atoms with Crippen molar-refractivity contribution in [1.82, 2.24) is 10.3 Å². The average molecular weight is 251 g/mol. The number of carbonyl (C=O) groups is 1. The molecule has 1 aromatic heterocycles. The van der Waals surface area contributed by atoms with Gasteiger partial charge in [-0.3, -0.25) is 4.79 Å². The number of pyridine rings is 1. The molecule has 0 spiro atoms. The summed E-state index contributed by atoms with van der Waals surface area (Å²) in [6.45, 7) is 6.14. The number of aromatic nitrogens is 1. The van der Waals surface area contributed by atoms with Crippen LogP contribution >= 0.6 is 0 Å². The maximum absolute atomic E-state index is 11.7. The zero-order valence-corrected chi connectivity index (χ0v) is 11.2. The van der Waals surface area contributed by atoms with Gasteiger partial charge >= 0.3 is 0 Å². The van der Waals surface area contributed by atoms with Crippen molar-refractivity contribution in [2.24, 2.45) is 5.92 Å². The molecule has 1 rings (SSSR count). The zero-order valence-electron chi connectivity index (χ0n) is 11.2. The molecule has 0 aromatic carbocycles. The minimum atomic E-state index is -0.130. The SMILES string of the molecule is COCCNC(=O)c1ccc(NCC(C)C)nc1. The van der Waals surface area contributed by atoms with Gasteiger partial charge in [0.05, 0.1) is 12.2 Å². The van der Waals surface area contributed by atoms with E-state index in [0.29, 0.717) is 24.6 Å². The van der Waals surface area contributed by atoms with Crippen LogP contribution in [0.2, 0.25) is 0 Å². The molecule has 5 heteroatoms. The maximum Gasteiger partial charge on any atom is 0.252 e. The Hall–Kier alpha value is -1.62. The van der Waals surface area contributed by atoms with Crippen LogP contribution in [0.25, 0.3) is 0 Å². The van der Waals surface area contributed by atoms with Gasteiger partial charge in [-0.15, -0.1) is 0 Å². The van der Waals surface area contributed by atoms with E-state index in [2.05, 4.69) is 29.5 Å². The van der Waals surface area contributed by atoms with Crippen molar-refractivity contribution in [1.29, 1.82) is 0 Å². The molecule has 1 heterocycles. The van der Waals surface area contributed by atoms with Crippen molar-refractivity contribution in [3.05, 3.63) is 23.9 Å². The predicted molar refractivity (Wildman–Crippen MR) is 71.8 cm³/mol. The molecule has 0 aliphatic carbocycles. The van der Waals surface area contributed by atoms with E-state index in [-0.39, 0.29) is 5.91 Å². The highest BCUT2D eigenvalue weighted by Gasteiger charge is 2.05. The third kappa shape index (κ3) is 5.14. The van der Waals surface area contributed by atoms with E-state index in [9.17, 15) is 4.79 Å². The number of nitrogens with zero attached hydrogens (tertiary/aromatic N) is 1. The molecule has 1 aromatic rings. The van der Waals surface area contributed by atoms with Crippen LogP contribution in [0.5, 0.6) is 0 Å². The fraction of sp³-hybridized carbons (Fsp3) is 0.538. The fourth-order valence-corrected chi connectivity index (χ4v) is 1.31. The Morgan fingerprint density at radius 1 is 1.44 bits per heavy atom. The molecule has 0 unspecified atom stereocenters. The molecule has 5 nitrogen and oxygen atoms in total. The van der Waals surface area contributed by atoms with E-state index < -0.39 is 0 Å². The quantitative estimate of drug-likeness (QED) is 0.721. The van der Waals surface area contributed by atoms with Crippen LogP contribution in [0, 0.1) is 5.92 Å². The lowest BCUT2D eigenvalue weighted by molar-refractivity contribution is 0.0937. The summed E-state index contributed by atoms with van der Waals surface area (Å²) in [5, 5.41) is 5.94.